The van der Waals surface area contributed by atoms with Crippen molar-refractivity contribution in [3.63, 3.8) is 0 Å². The van der Waals surface area contributed by atoms with E-state index in [-0.39, 0.29) is 17.6 Å². The number of amides is 1. The van der Waals surface area contributed by atoms with E-state index < -0.39 is 0 Å². The van der Waals surface area contributed by atoms with Gasteiger partial charge in [-0.3, -0.25) is 9.59 Å². The summed E-state index contributed by atoms with van der Waals surface area (Å²) in [5.74, 6) is 2.04. The first kappa shape index (κ1) is 17.6. The minimum Gasteiger partial charge on any atom is -0.486 e. The number of pyridine rings is 1. The topological polar surface area (TPSA) is 51.5 Å². The van der Waals surface area contributed by atoms with Crippen LogP contribution in [0.1, 0.15) is 11.3 Å². The van der Waals surface area contributed by atoms with Crippen molar-refractivity contribution in [3.8, 4) is 5.75 Å². The number of ether oxygens (including phenoxy) is 1. The number of hydrogen-bond acceptors (Lipinski definition) is 4. The summed E-state index contributed by atoms with van der Waals surface area (Å²) >= 11 is 1.63. The molecule has 0 saturated carbocycles. The van der Waals surface area contributed by atoms with Crippen LogP contribution in [-0.4, -0.2) is 40.3 Å². The molecule has 0 atom stereocenters. The third-order valence-corrected chi connectivity index (χ3v) is 5.31. The molecule has 0 unspecified atom stereocenters. The van der Waals surface area contributed by atoms with Gasteiger partial charge in [-0.05, 0) is 18.6 Å². The van der Waals surface area contributed by atoms with E-state index in [1.54, 1.807) is 28.3 Å². The zero-order valence-corrected chi connectivity index (χ0v) is 15.3. The standard InChI is InChI=1S/C19H22N2O3S/c1-14-8-16(9-18(22)20(14)2)24-17-10-21(11-17)19(23)13-25-12-15-6-4-3-5-7-15/h3-9,17H,10-13H2,1-2H3. The maximum atomic E-state index is 12.2. The SMILES string of the molecule is Cc1cc(OC2CN(C(=O)CSCc3ccccc3)C2)cc(=O)n1C. The fraction of sp³-hybridized carbons (Fsp3) is 0.368. The summed E-state index contributed by atoms with van der Waals surface area (Å²) in [6.45, 7) is 3.03. The number of aryl methyl sites for hydroxylation is 1. The van der Waals surface area contributed by atoms with Gasteiger partial charge in [0.25, 0.3) is 5.56 Å². The Balaban J connectivity index is 1.41. The molecule has 0 radical (unpaired) electrons. The van der Waals surface area contributed by atoms with Crippen LogP contribution in [0.5, 0.6) is 5.75 Å². The second-order valence-corrected chi connectivity index (χ2v) is 7.23. The largest absolute Gasteiger partial charge is 0.486 e. The summed E-state index contributed by atoms with van der Waals surface area (Å²) in [6.07, 6.45) is -0.0328. The van der Waals surface area contributed by atoms with E-state index in [9.17, 15) is 9.59 Å². The molecule has 5 nitrogen and oxygen atoms in total. The van der Waals surface area contributed by atoms with Gasteiger partial charge in [0.1, 0.15) is 11.9 Å². The molecule has 6 heteroatoms. The molecular weight excluding hydrogens is 336 g/mol. The molecule has 1 aromatic heterocycles. The van der Waals surface area contributed by atoms with E-state index in [2.05, 4.69) is 12.1 Å². The number of nitrogens with zero attached hydrogens (tertiary/aromatic N) is 2. The van der Waals surface area contributed by atoms with Crippen molar-refractivity contribution < 1.29 is 9.53 Å². The highest BCUT2D eigenvalue weighted by Gasteiger charge is 2.32. The van der Waals surface area contributed by atoms with Gasteiger partial charge in [-0.1, -0.05) is 30.3 Å². The van der Waals surface area contributed by atoms with Crippen LogP contribution in [0.2, 0.25) is 0 Å². The summed E-state index contributed by atoms with van der Waals surface area (Å²) in [5.41, 5.74) is 2.00. The lowest BCUT2D eigenvalue weighted by Crippen LogP contribution is -2.56. The predicted molar refractivity (Wildman–Crippen MR) is 100 cm³/mol. The quantitative estimate of drug-likeness (QED) is 0.795. The van der Waals surface area contributed by atoms with Gasteiger partial charge in [-0.15, -0.1) is 11.8 Å². The average molecular weight is 358 g/mol. The van der Waals surface area contributed by atoms with Gasteiger partial charge in [0, 0.05) is 24.6 Å². The van der Waals surface area contributed by atoms with Crippen molar-refractivity contribution in [2.24, 2.45) is 7.05 Å². The smallest absolute Gasteiger partial charge is 0.254 e. The molecule has 1 aliphatic heterocycles. The number of thioether (sulfide) groups is 1. The van der Waals surface area contributed by atoms with Crippen molar-refractivity contribution in [1.29, 1.82) is 0 Å². The predicted octanol–water partition coefficient (Wildman–Crippen LogP) is 2.22. The highest BCUT2D eigenvalue weighted by molar-refractivity contribution is 7.99. The van der Waals surface area contributed by atoms with Gasteiger partial charge >= 0.3 is 0 Å². The summed E-state index contributed by atoms with van der Waals surface area (Å²) in [5, 5.41) is 0. The number of rotatable bonds is 6. The Kier molecular flexibility index (Phi) is 5.48. The number of likely N-dealkylation sites (tertiary alicyclic amines) is 1. The molecule has 132 valence electrons. The maximum absolute atomic E-state index is 12.2. The summed E-state index contributed by atoms with van der Waals surface area (Å²) < 4.78 is 7.38. The minimum absolute atomic E-state index is 0.0328. The van der Waals surface area contributed by atoms with Gasteiger partial charge in [0.2, 0.25) is 5.91 Å². The van der Waals surface area contributed by atoms with Gasteiger partial charge in [0.05, 0.1) is 18.8 Å². The van der Waals surface area contributed by atoms with Crippen LogP contribution in [0.15, 0.2) is 47.3 Å². The lowest BCUT2D eigenvalue weighted by atomic mass is 10.1. The molecular formula is C19H22N2O3S. The number of benzene rings is 1. The Morgan fingerprint density at radius 3 is 2.64 bits per heavy atom. The van der Waals surface area contributed by atoms with Crippen LogP contribution in [-0.2, 0) is 17.6 Å². The third kappa shape index (κ3) is 4.45. The number of carbonyl (C=O) groups is 1. The molecule has 1 fully saturated rings. The molecule has 1 amide bonds. The Hall–Kier alpha value is -2.21. The molecule has 0 aliphatic carbocycles. The molecule has 2 heterocycles. The number of carbonyl (C=O) groups excluding carboxylic acids is 1. The molecule has 0 N–H and O–H groups in total. The number of hydrogen-bond donors (Lipinski definition) is 0. The summed E-state index contributed by atoms with van der Waals surface area (Å²) in [6, 6.07) is 13.5. The molecule has 3 rings (SSSR count). The van der Waals surface area contributed by atoms with Crippen LogP contribution in [0, 0.1) is 6.92 Å². The Labute approximate surface area is 151 Å². The third-order valence-electron chi connectivity index (χ3n) is 4.32. The van der Waals surface area contributed by atoms with E-state index in [4.69, 9.17) is 4.74 Å². The van der Waals surface area contributed by atoms with Crippen molar-refractivity contribution in [3.05, 3.63) is 64.1 Å². The van der Waals surface area contributed by atoms with E-state index in [1.807, 2.05) is 31.2 Å². The lowest BCUT2D eigenvalue weighted by molar-refractivity contribution is -0.137. The molecule has 2 aromatic rings. The van der Waals surface area contributed by atoms with Crippen LogP contribution in [0.3, 0.4) is 0 Å². The van der Waals surface area contributed by atoms with E-state index in [0.717, 1.165) is 11.4 Å². The molecule has 25 heavy (non-hydrogen) atoms. The zero-order chi connectivity index (χ0) is 17.8. The summed E-state index contributed by atoms with van der Waals surface area (Å²) in [7, 11) is 1.73. The Morgan fingerprint density at radius 1 is 1.24 bits per heavy atom. The van der Waals surface area contributed by atoms with Crippen molar-refractivity contribution in [2.45, 2.75) is 18.8 Å². The zero-order valence-electron chi connectivity index (χ0n) is 14.5. The Bertz CT molecular complexity index is 798. The monoisotopic (exact) mass is 358 g/mol. The molecule has 1 saturated heterocycles. The van der Waals surface area contributed by atoms with Crippen LogP contribution in [0.4, 0.5) is 0 Å². The van der Waals surface area contributed by atoms with Crippen molar-refractivity contribution in [1.82, 2.24) is 9.47 Å². The van der Waals surface area contributed by atoms with Gasteiger partial charge < -0.3 is 14.2 Å². The van der Waals surface area contributed by atoms with E-state index in [0.29, 0.717) is 24.6 Å². The van der Waals surface area contributed by atoms with Gasteiger partial charge in [-0.2, -0.15) is 0 Å². The van der Waals surface area contributed by atoms with Gasteiger partial charge in [0.15, 0.2) is 0 Å². The minimum atomic E-state index is -0.0837. The second kappa shape index (κ2) is 7.78. The van der Waals surface area contributed by atoms with Crippen LogP contribution in [0.25, 0.3) is 0 Å². The molecule has 0 bridgehead atoms. The van der Waals surface area contributed by atoms with Crippen molar-refractivity contribution in [2.75, 3.05) is 18.8 Å². The fourth-order valence-electron chi connectivity index (χ4n) is 2.64. The number of aromatic nitrogens is 1. The van der Waals surface area contributed by atoms with Crippen molar-refractivity contribution >= 4 is 17.7 Å². The first-order valence-corrected chi connectivity index (χ1v) is 9.42. The van der Waals surface area contributed by atoms with E-state index in [1.165, 1.54) is 11.6 Å². The highest BCUT2D eigenvalue weighted by atomic mass is 32.2. The van der Waals surface area contributed by atoms with Crippen LogP contribution < -0.4 is 10.3 Å². The molecule has 1 aliphatic rings. The second-order valence-electron chi connectivity index (χ2n) is 6.25. The average Bonchev–Trinajstić information content (AvgIpc) is 2.56. The molecule has 1 aromatic carbocycles. The first-order chi connectivity index (χ1) is 12.0. The highest BCUT2D eigenvalue weighted by Crippen LogP contribution is 2.19. The fourth-order valence-corrected chi connectivity index (χ4v) is 3.52. The van der Waals surface area contributed by atoms with Gasteiger partial charge in [-0.25, -0.2) is 0 Å². The lowest BCUT2D eigenvalue weighted by Gasteiger charge is -2.39. The molecule has 0 spiro atoms. The normalized spacial score (nSPS) is 14.2. The van der Waals surface area contributed by atoms with E-state index >= 15 is 0 Å². The summed E-state index contributed by atoms with van der Waals surface area (Å²) in [4.78, 5) is 25.7. The Morgan fingerprint density at radius 2 is 1.96 bits per heavy atom. The maximum Gasteiger partial charge on any atom is 0.254 e. The first-order valence-electron chi connectivity index (χ1n) is 8.26. The van der Waals surface area contributed by atoms with Crippen LogP contribution >= 0.6 is 11.8 Å².